The van der Waals surface area contributed by atoms with Crippen LogP contribution in [0, 0.1) is 17.0 Å². The Balaban J connectivity index is 2.00. The van der Waals surface area contributed by atoms with Crippen molar-refractivity contribution in [1.29, 1.82) is 0 Å². The molecule has 1 aliphatic rings. The summed E-state index contributed by atoms with van der Waals surface area (Å²) in [7, 11) is 0. The zero-order chi connectivity index (χ0) is 14.7. The lowest BCUT2D eigenvalue weighted by atomic mass is 10.0. The van der Waals surface area contributed by atoms with Crippen LogP contribution >= 0.6 is 0 Å². The van der Waals surface area contributed by atoms with Crippen molar-refractivity contribution >= 4 is 11.4 Å². The summed E-state index contributed by atoms with van der Waals surface area (Å²) in [6.45, 7) is 8.60. The third-order valence-electron chi connectivity index (χ3n) is 4.05. The molecule has 0 unspecified atom stereocenters. The van der Waals surface area contributed by atoms with Gasteiger partial charge in [-0.3, -0.25) is 10.1 Å². The first-order chi connectivity index (χ1) is 9.47. The highest BCUT2D eigenvalue weighted by Crippen LogP contribution is 2.25. The summed E-state index contributed by atoms with van der Waals surface area (Å²) >= 11 is 0. The number of nitro benzene ring substituents is 1. The molecule has 0 spiro atoms. The molecule has 1 aromatic rings. The summed E-state index contributed by atoms with van der Waals surface area (Å²) in [6, 6.07) is 6.01. The number of non-ortho nitro benzene ring substituents is 1. The molecule has 1 fully saturated rings. The van der Waals surface area contributed by atoms with Gasteiger partial charge in [-0.05, 0) is 39.2 Å². The zero-order valence-electron chi connectivity index (χ0n) is 12.4. The largest absolute Gasteiger partial charge is 0.382 e. The Bertz CT molecular complexity index is 480. The van der Waals surface area contributed by atoms with Gasteiger partial charge in [0.1, 0.15) is 0 Å². The number of nitrogens with zero attached hydrogens (tertiary/aromatic N) is 2. The molecule has 2 rings (SSSR count). The van der Waals surface area contributed by atoms with Crippen molar-refractivity contribution in [2.24, 2.45) is 0 Å². The Kier molecular flexibility index (Phi) is 4.60. The van der Waals surface area contributed by atoms with Crippen LogP contribution in [0.3, 0.4) is 0 Å². The maximum atomic E-state index is 10.8. The van der Waals surface area contributed by atoms with E-state index in [1.807, 2.05) is 13.0 Å². The van der Waals surface area contributed by atoms with Gasteiger partial charge in [-0.25, -0.2) is 0 Å². The van der Waals surface area contributed by atoms with Crippen LogP contribution in [0.4, 0.5) is 11.4 Å². The van der Waals surface area contributed by atoms with E-state index in [4.69, 9.17) is 0 Å². The van der Waals surface area contributed by atoms with Crippen LogP contribution in [0.1, 0.15) is 32.3 Å². The molecule has 5 nitrogen and oxygen atoms in total. The summed E-state index contributed by atoms with van der Waals surface area (Å²) in [5, 5.41) is 14.3. The Morgan fingerprint density at radius 1 is 1.35 bits per heavy atom. The van der Waals surface area contributed by atoms with Gasteiger partial charge in [0, 0.05) is 43.0 Å². The standard InChI is InChI=1S/C15H23N3O2/c1-11(2)17-8-6-13(7-9-17)16-15-10-14(18(19)20)5-4-12(15)3/h4-5,10-11,13,16H,6-9H2,1-3H3. The lowest BCUT2D eigenvalue weighted by Crippen LogP contribution is -2.42. The summed E-state index contributed by atoms with van der Waals surface area (Å²) < 4.78 is 0. The maximum Gasteiger partial charge on any atom is 0.271 e. The van der Waals surface area contributed by atoms with E-state index in [9.17, 15) is 10.1 Å². The van der Waals surface area contributed by atoms with Crippen LogP contribution in [0.15, 0.2) is 18.2 Å². The van der Waals surface area contributed by atoms with E-state index in [-0.39, 0.29) is 10.6 Å². The third-order valence-corrected chi connectivity index (χ3v) is 4.05. The van der Waals surface area contributed by atoms with E-state index < -0.39 is 0 Å². The average Bonchev–Trinajstić information content (AvgIpc) is 2.41. The minimum absolute atomic E-state index is 0.151. The van der Waals surface area contributed by atoms with Gasteiger partial charge in [0.25, 0.3) is 5.69 Å². The van der Waals surface area contributed by atoms with E-state index in [1.54, 1.807) is 12.1 Å². The molecular weight excluding hydrogens is 254 g/mol. The number of rotatable bonds is 4. The van der Waals surface area contributed by atoms with E-state index in [0.29, 0.717) is 12.1 Å². The second kappa shape index (κ2) is 6.22. The van der Waals surface area contributed by atoms with Crippen molar-refractivity contribution in [3.8, 4) is 0 Å². The topological polar surface area (TPSA) is 58.4 Å². The highest BCUT2D eigenvalue weighted by atomic mass is 16.6. The van der Waals surface area contributed by atoms with Crippen molar-refractivity contribution in [3.63, 3.8) is 0 Å². The maximum absolute atomic E-state index is 10.8. The molecule has 0 saturated carbocycles. The van der Waals surface area contributed by atoms with Crippen molar-refractivity contribution in [1.82, 2.24) is 4.90 Å². The highest BCUT2D eigenvalue weighted by Gasteiger charge is 2.21. The lowest BCUT2D eigenvalue weighted by molar-refractivity contribution is -0.384. The normalized spacial score (nSPS) is 17.4. The van der Waals surface area contributed by atoms with Crippen molar-refractivity contribution < 1.29 is 4.92 Å². The first-order valence-electron chi connectivity index (χ1n) is 7.23. The molecule has 1 aromatic carbocycles. The molecule has 5 heteroatoms. The smallest absolute Gasteiger partial charge is 0.271 e. The van der Waals surface area contributed by atoms with Gasteiger partial charge in [-0.1, -0.05) is 6.07 Å². The molecule has 1 saturated heterocycles. The van der Waals surface area contributed by atoms with Crippen LogP contribution in [-0.4, -0.2) is 35.0 Å². The monoisotopic (exact) mass is 277 g/mol. The van der Waals surface area contributed by atoms with E-state index in [1.165, 1.54) is 0 Å². The molecule has 0 amide bonds. The van der Waals surface area contributed by atoms with Gasteiger partial charge in [0.15, 0.2) is 0 Å². The summed E-state index contributed by atoms with van der Waals surface area (Å²) in [5.41, 5.74) is 2.10. The fraction of sp³-hybridized carbons (Fsp3) is 0.600. The minimum Gasteiger partial charge on any atom is -0.382 e. The van der Waals surface area contributed by atoms with Crippen molar-refractivity contribution in [2.75, 3.05) is 18.4 Å². The number of hydrogen-bond donors (Lipinski definition) is 1. The van der Waals surface area contributed by atoms with Gasteiger partial charge in [0.05, 0.1) is 4.92 Å². The number of nitro groups is 1. The van der Waals surface area contributed by atoms with Crippen LogP contribution in [0.25, 0.3) is 0 Å². The molecule has 1 N–H and O–H groups in total. The number of benzene rings is 1. The molecule has 1 aliphatic heterocycles. The number of hydrogen-bond acceptors (Lipinski definition) is 4. The fourth-order valence-corrected chi connectivity index (χ4v) is 2.66. The van der Waals surface area contributed by atoms with Crippen molar-refractivity contribution in [2.45, 2.75) is 45.7 Å². The first kappa shape index (κ1) is 14.8. The quantitative estimate of drug-likeness (QED) is 0.678. The highest BCUT2D eigenvalue weighted by molar-refractivity contribution is 5.57. The van der Waals surface area contributed by atoms with Gasteiger partial charge < -0.3 is 10.2 Å². The summed E-state index contributed by atoms with van der Waals surface area (Å²) in [4.78, 5) is 13.0. The Morgan fingerprint density at radius 3 is 2.55 bits per heavy atom. The number of anilines is 1. The lowest BCUT2D eigenvalue weighted by Gasteiger charge is -2.35. The number of aryl methyl sites for hydroxylation is 1. The number of nitrogens with one attached hydrogen (secondary N) is 1. The molecule has 110 valence electrons. The second-order valence-electron chi connectivity index (χ2n) is 5.80. The Labute approximate surface area is 120 Å². The first-order valence-corrected chi connectivity index (χ1v) is 7.23. The van der Waals surface area contributed by atoms with Gasteiger partial charge in [-0.15, -0.1) is 0 Å². The minimum atomic E-state index is -0.341. The SMILES string of the molecule is Cc1ccc([N+](=O)[O-])cc1NC1CCN(C(C)C)CC1. The molecule has 0 radical (unpaired) electrons. The van der Waals surface area contributed by atoms with Crippen LogP contribution in [-0.2, 0) is 0 Å². The summed E-state index contributed by atoms with van der Waals surface area (Å²) in [5.74, 6) is 0. The molecule has 20 heavy (non-hydrogen) atoms. The Hall–Kier alpha value is -1.62. The molecule has 1 heterocycles. The van der Waals surface area contributed by atoms with Crippen molar-refractivity contribution in [3.05, 3.63) is 33.9 Å². The molecule has 0 atom stereocenters. The van der Waals surface area contributed by atoms with Gasteiger partial charge in [0.2, 0.25) is 0 Å². The third kappa shape index (κ3) is 3.48. The average molecular weight is 277 g/mol. The molecule has 0 bridgehead atoms. The predicted molar refractivity (Wildman–Crippen MR) is 81.2 cm³/mol. The van der Waals surface area contributed by atoms with Gasteiger partial charge >= 0.3 is 0 Å². The van der Waals surface area contributed by atoms with E-state index in [0.717, 1.165) is 37.2 Å². The molecule has 0 aliphatic carbocycles. The molecular formula is C15H23N3O2. The number of piperidine rings is 1. The summed E-state index contributed by atoms with van der Waals surface area (Å²) in [6.07, 6.45) is 2.17. The zero-order valence-corrected chi connectivity index (χ0v) is 12.4. The van der Waals surface area contributed by atoms with Gasteiger partial charge in [-0.2, -0.15) is 0 Å². The van der Waals surface area contributed by atoms with Crippen LogP contribution < -0.4 is 5.32 Å². The fourth-order valence-electron chi connectivity index (χ4n) is 2.66. The Morgan fingerprint density at radius 2 is 2.00 bits per heavy atom. The number of likely N-dealkylation sites (tertiary alicyclic amines) is 1. The predicted octanol–water partition coefficient (Wildman–Crippen LogP) is 3.19. The van der Waals surface area contributed by atoms with E-state index in [2.05, 4.69) is 24.1 Å². The van der Waals surface area contributed by atoms with E-state index >= 15 is 0 Å². The molecule has 0 aromatic heterocycles. The van der Waals surface area contributed by atoms with Crippen LogP contribution in [0.5, 0.6) is 0 Å². The van der Waals surface area contributed by atoms with Crippen LogP contribution in [0.2, 0.25) is 0 Å². The second-order valence-corrected chi connectivity index (χ2v) is 5.80.